The summed E-state index contributed by atoms with van der Waals surface area (Å²) in [5.41, 5.74) is 0.443. The molecule has 2 atom stereocenters. The van der Waals surface area contributed by atoms with E-state index in [1.54, 1.807) is 0 Å². The number of carbonyl (C=O) groups is 3. The molecule has 1 aliphatic carbocycles. The van der Waals surface area contributed by atoms with Gasteiger partial charge in [0, 0.05) is 13.1 Å². The summed E-state index contributed by atoms with van der Waals surface area (Å²) < 4.78 is 0. The Bertz CT molecular complexity index is 739. The van der Waals surface area contributed by atoms with E-state index in [9.17, 15) is 14.4 Å². The third-order valence-electron chi connectivity index (χ3n) is 6.14. The number of carbonyl (C=O) groups excluding carboxylic acids is 3. The van der Waals surface area contributed by atoms with Crippen molar-refractivity contribution >= 4 is 17.8 Å². The quantitative estimate of drug-likeness (QED) is 0.517. The normalized spacial score (nSPS) is 24.2. The Balaban J connectivity index is 1.40. The number of hydrogen-bond donors (Lipinski definition) is 2. The predicted octanol–water partition coefficient (Wildman–Crippen LogP) is 2.13. The molecule has 2 unspecified atom stereocenters. The van der Waals surface area contributed by atoms with E-state index in [1.807, 2.05) is 32.2 Å². The van der Waals surface area contributed by atoms with E-state index in [-0.39, 0.29) is 24.3 Å². The van der Waals surface area contributed by atoms with E-state index in [1.165, 1.54) is 5.56 Å². The molecule has 1 saturated carbocycles. The summed E-state index contributed by atoms with van der Waals surface area (Å²) in [6.07, 6.45) is 4.38. The number of imide groups is 1. The Morgan fingerprint density at radius 2 is 2.03 bits per heavy atom. The van der Waals surface area contributed by atoms with Crippen LogP contribution in [0.15, 0.2) is 30.3 Å². The minimum atomic E-state index is -0.810. The first-order chi connectivity index (χ1) is 13.9. The van der Waals surface area contributed by atoms with Crippen LogP contribution < -0.4 is 10.6 Å². The van der Waals surface area contributed by atoms with Crippen LogP contribution in [0.5, 0.6) is 0 Å². The van der Waals surface area contributed by atoms with Crippen molar-refractivity contribution in [1.29, 1.82) is 0 Å². The average Bonchev–Trinajstić information content (AvgIpc) is 2.93. The molecule has 3 rings (SSSR count). The van der Waals surface area contributed by atoms with Crippen LogP contribution in [0.25, 0.3) is 0 Å². The van der Waals surface area contributed by atoms with Crippen LogP contribution >= 0.6 is 0 Å². The van der Waals surface area contributed by atoms with E-state index in [2.05, 4.69) is 27.7 Å². The van der Waals surface area contributed by atoms with Crippen molar-refractivity contribution in [2.45, 2.75) is 51.1 Å². The lowest BCUT2D eigenvalue weighted by molar-refractivity contribution is -0.137. The van der Waals surface area contributed by atoms with E-state index in [0.717, 1.165) is 43.7 Å². The Kier molecular flexibility index (Phi) is 6.90. The molecule has 29 heavy (non-hydrogen) atoms. The smallest absolute Gasteiger partial charge is 0.325 e. The highest BCUT2D eigenvalue weighted by Crippen LogP contribution is 2.38. The van der Waals surface area contributed by atoms with Crippen molar-refractivity contribution in [3.05, 3.63) is 35.9 Å². The molecule has 2 N–H and O–H groups in total. The van der Waals surface area contributed by atoms with Crippen LogP contribution in [0.1, 0.15) is 44.6 Å². The molecule has 1 heterocycles. The highest BCUT2D eigenvalue weighted by Gasteiger charge is 2.55. The summed E-state index contributed by atoms with van der Waals surface area (Å²) in [5, 5.41) is 5.71. The van der Waals surface area contributed by atoms with Gasteiger partial charge in [0.2, 0.25) is 5.91 Å². The third kappa shape index (κ3) is 4.96. The molecular weight excluding hydrogens is 368 g/mol. The molecule has 2 aliphatic rings. The van der Waals surface area contributed by atoms with Crippen LogP contribution in [-0.2, 0) is 16.1 Å². The summed E-state index contributed by atoms with van der Waals surface area (Å²) in [4.78, 5) is 40.8. The number of nitrogens with zero attached hydrogens (tertiary/aromatic N) is 2. The number of amides is 4. The summed E-state index contributed by atoms with van der Waals surface area (Å²) in [7, 11) is 2.05. The molecule has 0 aromatic heterocycles. The van der Waals surface area contributed by atoms with Gasteiger partial charge in [-0.05, 0) is 44.3 Å². The zero-order chi connectivity index (χ0) is 20.9. The van der Waals surface area contributed by atoms with E-state index < -0.39 is 11.6 Å². The zero-order valence-corrected chi connectivity index (χ0v) is 17.4. The first kappa shape index (κ1) is 21.3. The van der Waals surface area contributed by atoms with Gasteiger partial charge in [-0.25, -0.2) is 4.79 Å². The van der Waals surface area contributed by atoms with Crippen molar-refractivity contribution in [2.75, 3.05) is 26.7 Å². The van der Waals surface area contributed by atoms with Crippen LogP contribution in [-0.4, -0.2) is 59.9 Å². The van der Waals surface area contributed by atoms with Gasteiger partial charge in [0.15, 0.2) is 0 Å². The van der Waals surface area contributed by atoms with E-state index in [4.69, 9.17) is 0 Å². The lowest BCUT2D eigenvalue weighted by Crippen LogP contribution is -2.54. The molecule has 0 radical (unpaired) electrons. The maximum Gasteiger partial charge on any atom is 0.325 e. The summed E-state index contributed by atoms with van der Waals surface area (Å²) >= 11 is 0. The highest BCUT2D eigenvalue weighted by molar-refractivity contribution is 6.09. The van der Waals surface area contributed by atoms with Gasteiger partial charge < -0.3 is 15.5 Å². The number of rotatable bonds is 8. The Morgan fingerprint density at radius 3 is 2.76 bits per heavy atom. The number of nitrogens with one attached hydrogen (secondary N) is 2. The topological polar surface area (TPSA) is 81.8 Å². The van der Waals surface area contributed by atoms with Gasteiger partial charge in [0.05, 0.1) is 0 Å². The minimum absolute atomic E-state index is 0.0981. The molecular formula is C22H32N4O3. The minimum Gasteiger partial charge on any atom is -0.354 e. The largest absolute Gasteiger partial charge is 0.354 e. The Hall–Kier alpha value is -2.41. The van der Waals surface area contributed by atoms with Gasteiger partial charge in [-0.2, -0.15) is 0 Å². The second-order valence-corrected chi connectivity index (χ2v) is 8.37. The second kappa shape index (κ2) is 9.39. The molecule has 1 aromatic carbocycles. The maximum absolute atomic E-state index is 12.9. The Morgan fingerprint density at radius 1 is 1.28 bits per heavy atom. The fourth-order valence-electron chi connectivity index (χ4n) is 4.39. The Labute approximate surface area is 172 Å². The first-order valence-electron chi connectivity index (χ1n) is 10.6. The fourth-order valence-corrected chi connectivity index (χ4v) is 4.39. The van der Waals surface area contributed by atoms with Gasteiger partial charge in [0.25, 0.3) is 5.91 Å². The molecule has 2 fully saturated rings. The lowest BCUT2D eigenvalue weighted by Gasteiger charge is -2.36. The lowest BCUT2D eigenvalue weighted by atomic mass is 9.73. The van der Waals surface area contributed by atoms with Gasteiger partial charge in [-0.15, -0.1) is 0 Å². The van der Waals surface area contributed by atoms with Gasteiger partial charge in [-0.1, -0.05) is 50.1 Å². The van der Waals surface area contributed by atoms with Crippen molar-refractivity contribution in [3.8, 4) is 0 Å². The summed E-state index contributed by atoms with van der Waals surface area (Å²) in [6, 6.07) is 9.80. The number of hydrogen-bond acceptors (Lipinski definition) is 4. The molecule has 4 amide bonds. The summed E-state index contributed by atoms with van der Waals surface area (Å²) in [5.74, 6) is -0.437. The SMILES string of the molecule is CC1CCCCC12NC(=O)N(CC(=O)NCCCN(C)Cc1ccccc1)C2=O. The van der Waals surface area contributed by atoms with Crippen LogP contribution in [0.4, 0.5) is 4.79 Å². The second-order valence-electron chi connectivity index (χ2n) is 8.37. The van der Waals surface area contributed by atoms with Crippen molar-refractivity contribution in [2.24, 2.45) is 5.92 Å². The van der Waals surface area contributed by atoms with E-state index >= 15 is 0 Å². The van der Waals surface area contributed by atoms with Gasteiger partial charge in [0.1, 0.15) is 12.1 Å². The fraction of sp³-hybridized carbons (Fsp3) is 0.591. The van der Waals surface area contributed by atoms with Gasteiger partial charge >= 0.3 is 6.03 Å². The molecule has 7 nitrogen and oxygen atoms in total. The van der Waals surface area contributed by atoms with Crippen molar-refractivity contribution in [1.82, 2.24) is 20.4 Å². The number of benzene rings is 1. The molecule has 1 aromatic rings. The van der Waals surface area contributed by atoms with Crippen molar-refractivity contribution in [3.63, 3.8) is 0 Å². The molecule has 0 bridgehead atoms. The number of urea groups is 1. The summed E-state index contributed by atoms with van der Waals surface area (Å²) in [6.45, 7) is 4.02. The van der Waals surface area contributed by atoms with Gasteiger partial charge in [-0.3, -0.25) is 14.5 Å². The highest BCUT2D eigenvalue weighted by atomic mass is 16.2. The third-order valence-corrected chi connectivity index (χ3v) is 6.14. The first-order valence-corrected chi connectivity index (χ1v) is 10.6. The maximum atomic E-state index is 12.9. The van der Waals surface area contributed by atoms with Crippen LogP contribution in [0.2, 0.25) is 0 Å². The molecule has 158 valence electrons. The van der Waals surface area contributed by atoms with E-state index in [0.29, 0.717) is 13.0 Å². The molecule has 1 aliphatic heterocycles. The molecule has 1 saturated heterocycles. The van der Waals surface area contributed by atoms with Crippen LogP contribution in [0.3, 0.4) is 0 Å². The molecule has 1 spiro atoms. The average molecular weight is 401 g/mol. The van der Waals surface area contributed by atoms with Crippen LogP contribution in [0, 0.1) is 5.92 Å². The zero-order valence-electron chi connectivity index (χ0n) is 17.4. The van der Waals surface area contributed by atoms with Crippen molar-refractivity contribution < 1.29 is 14.4 Å². The monoisotopic (exact) mass is 400 g/mol. The predicted molar refractivity (Wildman–Crippen MR) is 111 cm³/mol. The molecule has 7 heteroatoms. The standard InChI is InChI=1S/C22H32N4O3/c1-17-9-6-7-12-22(17)20(28)26(21(29)24-22)16-19(27)23-13-8-14-25(2)15-18-10-4-3-5-11-18/h3-5,10-11,17H,6-9,12-16H2,1-2H3,(H,23,27)(H,24,29).